The van der Waals surface area contributed by atoms with Gasteiger partial charge in [0, 0.05) is 25.7 Å². The van der Waals surface area contributed by atoms with E-state index in [0.29, 0.717) is 6.54 Å². The van der Waals surface area contributed by atoms with Crippen LogP contribution >= 0.6 is 0 Å². The Labute approximate surface area is 92.2 Å². The van der Waals surface area contributed by atoms with Crippen molar-refractivity contribution in [1.82, 2.24) is 9.80 Å². The van der Waals surface area contributed by atoms with Crippen molar-refractivity contribution in [2.45, 2.75) is 13.3 Å². The van der Waals surface area contributed by atoms with Gasteiger partial charge in [-0.3, -0.25) is 4.90 Å². The lowest BCUT2D eigenvalue weighted by Gasteiger charge is -2.21. The average molecular weight is 214 g/mol. The van der Waals surface area contributed by atoms with Crippen LogP contribution in [0.25, 0.3) is 0 Å². The van der Waals surface area contributed by atoms with Crippen LogP contribution in [0, 0.1) is 0 Å². The molecule has 0 atom stereocenters. The average Bonchev–Trinajstić information content (AvgIpc) is 2.13. The number of hydrogen-bond donors (Lipinski definition) is 1. The molecule has 15 heavy (non-hydrogen) atoms. The van der Waals surface area contributed by atoms with Gasteiger partial charge in [-0.05, 0) is 27.1 Å². The van der Waals surface area contributed by atoms with Crippen LogP contribution < -0.4 is 0 Å². The summed E-state index contributed by atoms with van der Waals surface area (Å²) < 4.78 is 0. The highest BCUT2D eigenvalue weighted by atomic mass is 16.4. The highest BCUT2D eigenvalue weighted by molar-refractivity contribution is 5.79. The molecule has 0 heterocycles. The van der Waals surface area contributed by atoms with E-state index in [4.69, 9.17) is 5.11 Å². The van der Waals surface area contributed by atoms with Crippen molar-refractivity contribution < 1.29 is 9.90 Å². The lowest BCUT2D eigenvalue weighted by atomic mass is 10.3. The number of carboxylic acid groups (broad SMARTS) is 1. The van der Waals surface area contributed by atoms with E-state index in [-0.39, 0.29) is 0 Å². The van der Waals surface area contributed by atoms with Crippen molar-refractivity contribution in [2.75, 3.05) is 40.3 Å². The summed E-state index contributed by atoms with van der Waals surface area (Å²) in [6.45, 7) is 5.83. The summed E-state index contributed by atoms with van der Waals surface area (Å²) in [5.41, 5.74) is 0. The SMILES string of the molecule is CCCN(C/C=C/C(=O)O)CCN(C)C. The summed E-state index contributed by atoms with van der Waals surface area (Å²) in [5, 5.41) is 8.46. The molecule has 0 aromatic rings. The number of likely N-dealkylation sites (N-methyl/N-ethyl adjacent to an activating group) is 1. The Balaban J connectivity index is 3.87. The molecular weight excluding hydrogens is 192 g/mol. The molecule has 88 valence electrons. The molecule has 0 unspecified atom stereocenters. The van der Waals surface area contributed by atoms with Gasteiger partial charge in [0.25, 0.3) is 0 Å². The summed E-state index contributed by atoms with van der Waals surface area (Å²) in [4.78, 5) is 14.7. The summed E-state index contributed by atoms with van der Waals surface area (Å²) in [6, 6.07) is 0. The van der Waals surface area contributed by atoms with Gasteiger partial charge >= 0.3 is 5.97 Å². The number of nitrogens with zero attached hydrogens (tertiary/aromatic N) is 2. The molecular formula is C11H22N2O2. The maximum Gasteiger partial charge on any atom is 0.328 e. The Morgan fingerprint density at radius 2 is 1.93 bits per heavy atom. The van der Waals surface area contributed by atoms with Crippen molar-refractivity contribution in [3.8, 4) is 0 Å². The molecule has 0 aliphatic heterocycles. The second-order valence-electron chi connectivity index (χ2n) is 3.84. The van der Waals surface area contributed by atoms with Gasteiger partial charge < -0.3 is 10.0 Å². The van der Waals surface area contributed by atoms with Gasteiger partial charge in [-0.15, -0.1) is 0 Å². The molecule has 0 aromatic carbocycles. The van der Waals surface area contributed by atoms with E-state index in [2.05, 4.69) is 16.7 Å². The maximum atomic E-state index is 10.3. The van der Waals surface area contributed by atoms with Crippen LogP contribution in [0.5, 0.6) is 0 Å². The van der Waals surface area contributed by atoms with Gasteiger partial charge in [-0.25, -0.2) is 4.79 Å². The third-order valence-electron chi connectivity index (χ3n) is 2.03. The molecule has 0 bridgehead atoms. The molecule has 0 amide bonds. The Kier molecular flexibility index (Phi) is 7.95. The molecule has 0 fully saturated rings. The zero-order valence-corrected chi connectivity index (χ0v) is 9.94. The smallest absolute Gasteiger partial charge is 0.328 e. The quantitative estimate of drug-likeness (QED) is 0.610. The topological polar surface area (TPSA) is 43.8 Å². The second kappa shape index (κ2) is 8.44. The fourth-order valence-corrected chi connectivity index (χ4v) is 1.25. The van der Waals surface area contributed by atoms with E-state index in [1.165, 1.54) is 6.08 Å². The molecule has 0 saturated heterocycles. The molecule has 1 N–H and O–H groups in total. The van der Waals surface area contributed by atoms with Crippen LogP contribution in [0.2, 0.25) is 0 Å². The molecule has 0 radical (unpaired) electrons. The van der Waals surface area contributed by atoms with E-state index in [1.807, 2.05) is 14.1 Å². The molecule has 0 aliphatic rings. The van der Waals surface area contributed by atoms with Crippen LogP contribution in [0.1, 0.15) is 13.3 Å². The second-order valence-corrected chi connectivity index (χ2v) is 3.84. The molecule has 0 aliphatic carbocycles. The van der Waals surface area contributed by atoms with E-state index >= 15 is 0 Å². The van der Waals surface area contributed by atoms with Crippen LogP contribution in [0.15, 0.2) is 12.2 Å². The first-order valence-electron chi connectivity index (χ1n) is 5.32. The van der Waals surface area contributed by atoms with E-state index < -0.39 is 5.97 Å². The summed E-state index contributed by atoms with van der Waals surface area (Å²) in [6.07, 6.45) is 4.00. The predicted octanol–water partition coefficient (Wildman–Crippen LogP) is 0.901. The summed E-state index contributed by atoms with van der Waals surface area (Å²) in [7, 11) is 4.08. The summed E-state index contributed by atoms with van der Waals surface area (Å²) in [5.74, 6) is -0.876. The van der Waals surface area contributed by atoms with Gasteiger partial charge in [0.1, 0.15) is 0 Å². The first kappa shape index (κ1) is 14.1. The third-order valence-corrected chi connectivity index (χ3v) is 2.03. The van der Waals surface area contributed by atoms with E-state index in [1.54, 1.807) is 6.08 Å². The van der Waals surface area contributed by atoms with Gasteiger partial charge in [-0.2, -0.15) is 0 Å². The lowest BCUT2D eigenvalue weighted by molar-refractivity contribution is -0.131. The Hall–Kier alpha value is -0.870. The zero-order chi connectivity index (χ0) is 11.7. The summed E-state index contributed by atoms with van der Waals surface area (Å²) >= 11 is 0. The highest BCUT2D eigenvalue weighted by Gasteiger charge is 2.01. The van der Waals surface area contributed by atoms with Gasteiger partial charge in [0.05, 0.1) is 0 Å². The third kappa shape index (κ3) is 9.43. The van der Waals surface area contributed by atoms with Crippen LogP contribution in [-0.4, -0.2) is 61.2 Å². The number of rotatable bonds is 8. The van der Waals surface area contributed by atoms with Crippen LogP contribution in [0.3, 0.4) is 0 Å². The Morgan fingerprint density at radius 3 is 2.40 bits per heavy atom. The minimum atomic E-state index is -0.876. The first-order chi connectivity index (χ1) is 7.06. The minimum absolute atomic E-state index is 0.716. The predicted molar refractivity (Wildman–Crippen MR) is 62.1 cm³/mol. The lowest BCUT2D eigenvalue weighted by Crippen LogP contribution is -2.32. The number of hydrogen-bond acceptors (Lipinski definition) is 3. The van der Waals surface area contributed by atoms with E-state index in [0.717, 1.165) is 26.1 Å². The Morgan fingerprint density at radius 1 is 1.27 bits per heavy atom. The number of carboxylic acids is 1. The minimum Gasteiger partial charge on any atom is -0.478 e. The largest absolute Gasteiger partial charge is 0.478 e. The number of aliphatic carboxylic acids is 1. The molecule has 0 rings (SSSR count). The fraction of sp³-hybridized carbons (Fsp3) is 0.727. The van der Waals surface area contributed by atoms with Crippen molar-refractivity contribution in [3.63, 3.8) is 0 Å². The standard InChI is InChI=1S/C11H22N2O2/c1-4-7-13(10-9-12(2)3)8-5-6-11(14)15/h5-6H,4,7-10H2,1-3H3,(H,14,15)/b6-5+. The van der Waals surface area contributed by atoms with Crippen LogP contribution in [-0.2, 0) is 4.79 Å². The molecule has 4 heteroatoms. The molecule has 4 nitrogen and oxygen atoms in total. The zero-order valence-electron chi connectivity index (χ0n) is 9.94. The molecule has 0 saturated carbocycles. The van der Waals surface area contributed by atoms with Crippen LogP contribution in [0.4, 0.5) is 0 Å². The monoisotopic (exact) mass is 214 g/mol. The van der Waals surface area contributed by atoms with Crippen molar-refractivity contribution in [3.05, 3.63) is 12.2 Å². The normalized spacial score (nSPS) is 11.8. The highest BCUT2D eigenvalue weighted by Crippen LogP contribution is 1.93. The van der Waals surface area contributed by atoms with Crippen molar-refractivity contribution in [1.29, 1.82) is 0 Å². The van der Waals surface area contributed by atoms with Crippen molar-refractivity contribution in [2.24, 2.45) is 0 Å². The fourth-order valence-electron chi connectivity index (χ4n) is 1.25. The van der Waals surface area contributed by atoms with Crippen molar-refractivity contribution >= 4 is 5.97 Å². The van der Waals surface area contributed by atoms with Gasteiger partial charge in [0.15, 0.2) is 0 Å². The Bertz CT molecular complexity index is 203. The van der Waals surface area contributed by atoms with Gasteiger partial charge in [0.2, 0.25) is 0 Å². The first-order valence-corrected chi connectivity index (χ1v) is 5.32. The van der Waals surface area contributed by atoms with Gasteiger partial charge in [-0.1, -0.05) is 13.0 Å². The van der Waals surface area contributed by atoms with E-state index in [9.17, 15) is 4.79 Å². The molecule has 0 aromatic heterocycles. The maximum absolute atomic E-state index is 10.3. The molecule has 0 spiro atoms. The number of carbonyl (C=O) groups is 1.